The fourth-order valence-electron chi connectivity index (χ4n) is 2.88. The Morgan fingerprint density at radius 1 is 1.07 bits per heavy atom. The van der Waals surface area contributed by atoms with Crippen LogP contribution < -0.4 is 10.1 Å². The molecule has 0 aliphatic carbocycles. The van der Waals surface area contributed by atoms with Gasteiger partial charge in [0.25, 0.3) is 5.91 Å². The van der Waals surface area contributed by atoms with Crippen LogP contribution in [0.3, 0.4) is 0 Å². The molecule has 2 aromatic carbocycles. The van der Waals surface area contributed by atoms with E-state index in [-0.39, 0.29) is 5.91 Å². The van der Waals surface area contributed by atoms with E-state index in [0.717, 1.165) is 17.9 Å². The van der Waals surface area contributed by atoms with Crippen LogP contribution in [0.5, 0.6) is 5.75 Å². The van der Waals surface area contributed by atoms with E-state index < -0.39 is 6.10 Å². The molecule has 0 bridgehead atoms. The lowest BCUT2D eigenvalue weighted by molar-refractivity contribution is -0.127. The lowest BCUT2D eigenvalue weighted by Gasteiger charge is -2.16. The van der Waals surface area contributed by atoms with E-state index in [0.29, 0.717) is 12.5 Å². The molecule has 1 atom stereocenters. The number of benzene rings is 2. The van der Waals surface area contributed by atoms with Crippen molar-refractivity contribution in [2.24, 2.45) is 0 Å². The third kappa shape index (κ3) is 5.46. The maximum atomic E-state index is 12.4. The fourth-order valence-corrected chi connectivity index (χ4v) is 2.88. The van der Waals surface area contributed by atoms with Gasteiger partial charge in [0, 0.05) is 18.9 Å². The standard InChI is InChI=1S/C23H27N3O2/c1-17(2)21-6-4-7-22(14-21)28-18(3)23(27)24-15-19-8-10-20(11-9-19)16-26-13-5-12-25-26/h4-14,17-18H,15-16H2,1-3H3,(H,24,27). The van der Waals surface area contributed by atoms with Crippen LogP contribution in [0.1, 0.15) is 43.4 Å². The normalized spacial score (nSPS) is 12.0. The van der Waals surface area contributed by atoms with Crippen molar-refractivity contribution in [1.82, 2.24) is 15.1 Å². The van der Waals surface area contributed by atoms with E-state index in [2.05, 4.69) is 42.5 Å². The number of aromatic nitrogens is 2. The lowest BCUT2D eigenvalue weighted by atomic mass is 10.0. The van der Waals surface area contributed by atoms with Crippen molar-refractivity contribution in [3.63, 3.8) is 0 Å². The molecule has 5 nitrogen and oxygen atoms in total. The molecular weight excluding hydrogens is 350 g/mol. The van der Waals surface area contributed by atoms with Crippen LogP contribution in [0.4, 0.5) is 0 Å². The molecule has 28 heavy (non-hydrogen) atoms. The van der Waals surface area contributed by atoms with Gasteiger partial charge in [0.2, 0.25) is 0 Å². The second kappa shape index (κ2) is 9.22. The molecule has 0 radical (unpaired) electrons. The second-order valence-corrected chi connectivity index (χ2v) is 7.23. The quantitative estimate of drug-likeness (QED) is 0.642. The molecule has 1 N–H and O–H groups in total. The third-order valence-electron chi connectivity index (χ3n) is 4.60. The second-order valence-electron chi connectivity index (χ2n) is 7.23. The highest BCUT2D eigenvalue weighted by atomic mass is 16.5. The zero-order valence-corrected chi connectivity index (χ0v) is 16.6. The summed E-state index contributed by atoms with van der Waals surface area (Å²) in [4.78, 5) is 12.4. The number of hydrogen-bond acceptors (Lipinski definition) is 3. The molecule has 0 fully saturated rings. The van der Waals surface area contributed by atoms with E-state index in [1.807, 2.05) is 47.3 Å². The van der Waals surface area contributed by atoms with E-state index in [1.54, 1.807) is 13.1 Å². The van der Waals surface area contributed by atoms with Crippen molar-refractivity contribution in [2.45, 2.75) is 45.9 Å². The first-order chi connectivity index (χ1) is 13.5. The Morgan fingerprint density at radius 2 is 1.82 bits per heavy atom. The van der Waals surface area contributed by atoms with E-state index in [4.69, 9.17) is 4.74 Å². The van der Waals surface area contributed by atoms with Gasteiger partial charge in [-0.2, -0.15) is 5.10 Å². The number of hydrogen-bond donors (Lipinski definition) is 1. The van der Waals surface area contributed by atoms with Crippen molar-refractivity contribution >= 4 is 5.91 Å². The molecule has 0 aliphatic rings. The number of nitrogens with one attached hydrogen (secondary N) is 1. The molecular formula is C23H27N3O2. The molecule has 1 unspecified atom stereocenters. The highest BCUT2D eigenvalue weighted by molar-refractivity contribution is 5.80. The van der Waals surface area contributed by atoms with Gasteiger partial charge < -0.3 is 10.1 Å². The number of amides is 1. The summed E-state index contributed by atoms with van der Waals surface area (Å²) in [5.41, 5.74) is 3.41. The minimum absolute atomic E-state index is 0.129. The zero-order valence-electron chi connectivity index (χ0n) is 16.6. The van der Waals surface area contributed by atoms with Crippen LogP contribution in [0.15, 0.2) is 67.0 Å². The molecule has 0 spiro atoms. The number of nitrogens with zero attached hydrogens (tertiary/aromatic N) is 2. The predicted molar refractivity (Wildman–Crippen MR) is 110 cm³/mol. The molecule has 0 aliphatic heterocycles. The first-order valence-corrected chi connectivity index (χ1v) is 9.61. The summed E-state index contributed by atoms with van der Waals surface area (Å²) in [7, 11) is 0. The fraction of sp³-hybridized carbons (Fsp3) is 0.304. The van der Waals surface area contributed by atoms with Crippen molar-refractivity contribution in [2.75, 3.05) is 0 Å². The molecule has 0 saturated heterocycles. The van der Waals surface area contributed by atoms with Crippen LogP contribution >= 0.6 is 0 Å². The van der Waals surface area contributed by atoms with Crippen LogP contribution in [-0.4, -0.2) is 21.8 Å². The summed E-state index contributed by atoms with van der Waals surface area (Å²) >= 11 is 0. The number of ether oxygens (including phenoxy) is 1. The summed E-state index contributed by atoms with van der Waals surface area (Å²) in [5, 5.41) is 7.15. The number of rotatable bonds is 8. The van der Waals surface area contributed by atoms with Gasteiger partial charge >= 0.3 is 0 Å². The van der Waals surface area contributed by atoms with Gasteiger partial charge in [0.1, 0.15) is 5.75 Å². The summed E-state index contributed by atoms with van der Waals surface area (Å²) < 4.78 is 7.69. The Hall–Kier alpha value is -3.08. The minimum atomic E-state index is -0.554. The molecule has 5 heteroatoms. The smallest absolute Gasteiger partial charge is 0.261 e. The minimum Gasteiger partial charge on any atom is -0.481 e. The van der Waals surface area contributed by atoms with E-state index in [1.165, 1.54) is 11.1 Å². The maximum Gasteiger partial charge on any atom is 0.261 e. The lowest BCUT2D eigenvalue weighted by Crippen LogP contribution is -2.35. The summed E-state index contributed by atoms with van der Waals surface area (Å²) in [6.07, 6.45) is 3.15. The van der Waals surface area contributed by atoms with Gasteiger partial charge in [-0.3, -0.25) is 9.48 Å². The summed E-state index contributed by atoms with van der Waals surface area (Å²) in [5.74, 6) is 1.01. The largest absolute Gasteiger partial charge is 0.481 e. The van der Waals surface area contributed by atoms with Gasteiger partial charge in [0.05, 0.1) is 6.54 Å². The molecule has 3 rings (SSSR count). The Bertz CT molecular complexity index is 886. The van der Waals surface area contributed by atoms with Crippen LogP contribution in [0.25, 0.3) is 0 Å². The Balaban J connectivity index is 1.49. The monoisotopic (exact) mass is 377 g/mol. The van der Waals surface area contributed by atoms with Crippen molar-refractivity contribution in [3.05, 3.63) is 83.7 Å². The van der Waals surface area contributed by atoms with Crippen molar-refractivity contribution < 1.29 is 9.53 Å². The van der Waals surface area contributed by atoms with Gasteiger partial charge in [-0.05, 0) is 47.7 Å². The topological polar surface area (TPSA) is 56.1 Å². The maximum absolute atomic E-state index is 12.4. The highest BCUT2D eigenvalue weighted by Crippen LogP contribution is 2.21. The number of carbonyl (C=O) groups excluding carboxylic acids is 1. The first-order valence-electron chi connectivity index (χ1n) is 9.61. The van der Waals surface area contributed by atoms with Crippen LogP contribution in [0.2, 0.25) is 0 Å². The third-order valence-corrected chi connectivity index (χ3v) is 4.60. The van der Waals surface area contributed by atoms with Crippen LogP contribution in [-0.2, 0) is 17.9 Å². The Morgan fingerprint density at radius 3 is 2.50 bits per heavy atom. The van der Waals surface area contributed by atoms with Crippen LogP contribution in [0, 0.1) is 0 Å². The molecule has 0 saturated carbocycles. The molecule has 146 valence electrons. The zero-order chi connectivity index (χ0) is 19.9. The Kier molecular flexibility index (Phi) is 6.48. The van der Waals surface area contributed by atoms with Crippen molar-refractivity contribution in [3.8, 4) is 5.75 Å². The van der Waals surface area contributed by atoms with E-state index >= 15 is 0 Å². The van der Waals surface area contributed by atoms with Gasteiger partial charge in [-0.15, -0.1) is 0 Å². The molecule has 1 heterocycles. The summed E-state index contributed by atoms with van der Waals surface area (Å²) in [6, 6.07) is 18.0. The van der Waals surface area contributed by atoms with E-state index in [9.17, 15) is 4.79 Å². The SMILES string of the molecule is CC(Oc1cccc(C(C)C)c1)C(=O)NCc1ccc(Cn2cccn2)cc1. The summed E-state index contributed by atoms with van der Waals surface area (Å²) in [6.45, 7) is 7.25. The van der Waals surface area contributed by atoms with Gasteiger partial charge in [0.15, 0.2) is 6.10 Å². The first kappa shape index (κ1) is 19.7. The van der Waals surface area contributed by atoms with Gasteiger partial charge in [-0.1, -0.05) is 50.2 Å². The predicted octanol–water partition coefficient (Wildman–Crippen LogP) is 4.14. The van der Waals surface area contributed by atoms with Gasteiger partial charge in [-0.25, -0.2) is 0 Å². The average Bonchev–Trinajstić information content (AvgIpc) is 3.20. The average molecular weight is 377 g/mol. The Labute approximate surface area is 166 Å². The highest BCUT2D eigenvalue weighted by Gasteiger charge is 2.14. The number of carbonyl (C=O) groups is 1. The van der Waals surface area contributed by atoms with Crippen molar-refractivity contribution in [1.29, 1.82) is 0 Å². The molecule has 1 aromatic heterocycles. The molecule has 1 amide bonds. The molecule has 3 aromatic rings.